The largest absolute Gasteiger partial charge is 0.365 e. The molecular formula is C13H18FN3. The molecule has 2 rings (SSSR count). The summed E-state index contributed by atoms with van der Waals surface area (Å²) in [5.41, 5.74) is 2.88. The minimum Gasteiger partial charge on any atom is -0.365 e. The van der Waals surface area contributed by atoms with Gasteiger partial charge in [-0.15, -0.1) is 0 Å². The van der Waals surface area contributed by atoms with Gasteiger partial charge in [-0.25, -0.2) is 4.39 Å². The summed E-state index contributed by atoms with van der Waals surface area (Å²) >= 11 is 0. The van der Waals surface area contributed by atoms with Crippen molar-refractivity contribution in [2.24, 2.45) is 0 Å². The molecule has 0 saturated heterocycles. The van der Waals surface area contributed by atoms with Crippen LogP contribution in [-0.2, 0) is 6.42 Å². The number of fused-ring (bicyclic) bond motifs is 1. The fourth-order valence-electron chi connectivity index (χ4n) is 2.27. The van der Waals surface area contributed by atoms with Crippen LogP contribution in [0.3, 0.4) is 0 Å². The highest BCUT2D eigenvalue weighted by molar-refractivity contribution is 6.04. The highest BCUT2D eigenvalue weighted by Gasteiger charge is 2.25. The van der Waals surface area contributed by atoms with Gasteiger partial charge in [0.25, 0.3) is 0 Å². The smallest absolute Gasteiger partial charge is 0.150 e. The number of halogens is 1. The minimum absolute atomic E-state index is 0.200. The molecule has 2 N–H and O–H groups in total. The molecular weight excluding hydrogens is 217 g/mol. The van der Waals surface area contributed by atoms with Gasteiger partial charge in [-0.2, -0.15) is 0 Å². The Hall–Kier alpha value is -1.58. The number of anilines is 1. The SMILES string of the molecule is CCc1cc(C)c2c(c1F)NCN(CC)C2=N. The predicted molar refractivity (Wildman–Crippen MR) is 68.2 cm³/mol. The summed E-state index contributed by atoms with van der Waals surface area (Å²) in [5.74, 6) is 0.217. The monoisotopic (exact) mass is 235 g/mol. The zero-order chi connectivity index (χ0) is 12.6. The molecule has 1 aromatic rings. The molecule has 0 aromatic heterocycles. The van der Waals surface area contributed by atoms with Crippen molar-refractivity contribution >= 4 is 11.5 Å². The first-order valence-electron chi connectivity index (χ1n) is 5.99. The van der Waals surface area contributed by atoms with E-state index in [1.807, 2.05) is 31.7 Å². The van der Waals surface area contributed by atoms with Gasteiger partial charge in [-0.05, 0) is 31.4 Å². The highest BCUT2D eigenvalue weighted by atomic mass is 19.1. The van der Waals surface area contributed by atoms with Crippen LogP contribution in [0, 0.1) is 18.2 Å². The van der Waals surface area contributed by atoms with E-state index >= 15 is 0 Å². The zero-order valence-electron chi connectivity index (χ0n) is 10.5. The van der Waals surface area contributed by atoms with E-state index in [-0.39, 0.29) is 5.82 Å². The van der Waals surface area contributed by atoms with Crippen LogP contribution in [0.2, 0.25) is 0 Å². The van der Waals surface area contributed by atoms with Crippen LogP contribution < -0.4 is 5.32 Å². The predicted octanol–water partition coefficient (Wildman–Crippen LogP) is 2.73. The van der Waals surface area contributed by atoms with E-state index in [9.17, 15) is 4.39 Å². The Kier molecular flexibility index (Phi) is 3.05. The van der Waals surface area contributed by atoms with Crippen LogP contribution in [-0.4, -0.2) is 23.9 Å². The van der Waals surface area contributed by atoms with E-state index in [1.54, 1.807) is 0 Å². The second kappa shape index (κ2) is 4.35. The number of benzene rings is 1. The Bertz CT molecular complexity index is 468. The van der Waals surface area contributed by atoms with Gasteiger partial charge in [0.2, 0.25) is 0 Å². The maximum atomic E-state index is 14.2. The average molecular weight is 235 g/mol. The lowest BCUT2D eigenvalue weighted by molar-refractivity contribution is 0.459. The fourth-order valence-corrected chi connectivity index (χ4v) is 2.27. The molecule has 0 fully saturated rings. The van der Waals surface area contributed by atoms with Crippen LogP contribution >= 0.6 is 0 Å². The van der Waals surface area contributed by atoms with Gasteiger partial charge in [-0.1, -0.05) is 13.0 Å². The molecule has 1 heterocycles. The van der Waals surface area contributed by atoms with Gasteiger partial charge in [0, 0.05) is 12.1 Å². The number of rotatable bonds is 2. The molecule has 0 radical (unpaired) electrons. The average Bonchev–Trinajstić information content (AvgIpc) is 2.33. The molecule has 0 bridgehead atoms. The van der Waals surface area contributed by atoms with Crippen molar-refractivity contribution in [2.45, 2.75) is 27.2 Å². The van der Waals surface area contributed by atoms with Crippen molar-refractivity contribution in [1.29, 1.82) is 5.41 Å². The molecule has 0 aliphatic carbocycles. The summed E-state index contributed by atoms with van der Waals surface area (Å²) in [6.45, 7) is 7.13. The number of aryl methyl sites for hydroxylation is 2. The molecule has 0 amide bonds. The second-order valence-electron chi connectivity index (χ2n) is 4.31. The van der Waals surface area contributed by atoms with Gasteiger partial charge in [0.05, 0.1) is 12.4 Å². The summed E-state index contributed by atoms with van der Waals surface area (Å²) in [7, 11) is 0. The summed E-state index contributed by atoms with van der Waals surface area (Å²) in [6, 6.07) is 1.85. The molecule has 1 aliphatic rings. The Morgan fingerprint density at radius 2 is 2.18 bits per heavy atom. The summed E-state index contributed by atoms with van der Waals surface area (Å²) in [6.07, 6.45) is 0.673. The molecule has 92 valence electrons. The van der Waals surface area contributed by atoms with E-state index in [0.29, 0.717) is 35.7 Å². The normalized spacial score (nSPS) is 14.6. The molecule has 0 saturated carbocycles. The van der Waals surface area contributed by atoms with Crippen LogP contribution in [0.4, 0.5) is 10.1 Å². The number of amidine groups is 1. The van der Waals surface area contributed by atoms with Crippen molar-refractivity contribution in [1.82, 2.24) is 4.90 Å². The van der Waals surface area contributed by atoms with Crippen LogP contribution in [0.1, 0.15) is 30.5 Å². The van der Waals surface area contributed by atoms with Crippen molar-refractivity contribution in [3.05, 3.63) is 28.6 Å². The molecule has 1 aliphatic heterocycles. The molecule has 0 spiro atoms. The Morgan fingerprint density at radius 3 is 2.76 bits per heavy atom. The standard InChI is InChI=1S/C13H18FN3/c1-4-9-6-8(3)10-12(11(9)14)16-7-17(5-2)13(10)15/h6,15-16H,4-5,7H2,1-3H3. The van der Waals surface area contributed by atoms with E-state index in [1.165, 1.54) is 0 Å². The van der Waals surface area contributed by atoms with Crippen molar-refractivity contribution < 1.29 is 4.39 Å². The first-order valence-corrected chi connectivity index (χ1v) is 5.99. The first kappa shape index (κ1) is 11.9. The summed E-state index contributed by atoms with van der Waals surface area (Å²) < 4.78 is 14.2. The van der Waals surface area contributed by atoms with E-state index in [0.717, 1.165) is 12.1 Å². The Labute approximate surface area is 101 Å². The molecule has 3 nitrogen and oxygen atoms in total. The summed E-state index contributed by atoms with van der Waals surface area (Å²) in [5, 5.41) is 11.2. The number of hydrogen-bond donors (Lipinski definition) is 2. The van der Waals surface area contributed by atoms with Crippen LogP contribution in [0.25, 0.3) is 0 Å². The number of nitrogens with one attached hydrogen (secondary N) is 2. The lowest BCUT2D eigenvalue weighted by Gasteiger charge is -2.32. The third-order valence-electron chi connectivity index (χ3n) is 3.30. The number of nitrogens with zero attached hydrogens (tertiary/aromatic N) is 1. The van der Waals surface area contributed by atoms with E-state index in [4.69, 9.17) is 5.41 Å². The molecule has 4 heteroatoms. The molecule has 1 aromatic carbocycles. The summed E-state index contributed by atoms with van der Waals surface area (Å²) in [4.78, 5) is 1.89. The second-order valence-corrected chi connectivity index (χ2v) is 4.31. The third kappa shape index (κ3) is 1.77. The quantitative estimate of drug-likeness (QED) is 0.827. The van der Waals surface area contributed by atoms with Crippen molar-refractivity contribution in [3.63, 3.8) is 0 Å². The maximum absolute atomic E-state index is 14.2. The van der Waals surface area contributed by atoms with Crippen LogP contribution in [0.15, 0.2) is 6.07 Å². The molecule has 17 heavy (non-hydrogen) atoms. The third-order valence-corrected chi connectivity index (χ3v) is 3.30. The Morgan fingerprint density at radius 1 is 1.47 bits per heavy atom. The van der Waals surface area contributed by atoms with Gasteiger partial charge in [-0.3, -0.25) is 5.41 Å². The first-order chi connectivity index (χ1) is 8.10. The minimum atomic E-state index is -0.200. The lowest BCUT2D eigenvalue weighted by atomic mass is 9.97. The van der Waals surface area contributed by atoms with Gasteiger partial charge in [0.15, 0.2) is 0 Å². The molecule has 0 unspecified atom stereocenters. The fraction of sp³-hybridized carbons (Fsp3) is 0.462. The van der Waals surface area contributed by atoms with Crippen LogP contribution in [0.5, 0.6) is 0 Å². The number of hydrogen-bond acceptors (Lipinski definition) is 2. The van der Waals surface area contributed by atoms with Gasteiger partial charge >= 0.3 is 0 Å². The van der Waals surface area contributed by atoms with Gasteiger partial charge in [0.1, 0.15) is 11.7 Å². The van der Waals surface area contributed by atoms with E-state index in [2.05, 4.69) is 5.32 Å². The van der Waals surface area contributed by atoms with E-state index < -0.39 is 0 Å². The Balaban J connectivity index is 2.59. The lowest BCUT2D eigenvalue weighted by Crippen LogP contribution is -2.40. The van der Waals surface area contributed by atoms with Crippen molar-refractivity contribution in [3.8, 4) is 0 Å². The molecule has 0 atom stereocenters. The zero-order valence-corrected chi connectivity index (χ0v) is 10.5. The maximum Gasteiger partial charge on any atom is 0.150 e. The highest BCUT2D eigenvalue weighted by Crippen LogP contribution is 2.30. The topological polar surface area (TPSA) is 39.1 Å². The van der Waals surface area contributed by atoms with Gasteiger partial charge < -0.3 is 10.2 Å². The van der Waals surface area contributed by atoms with Crippen molar-refractivity contribution in [2.75, 3.05) is 18.5 Å².